The lowest BCUT2D eigenvalue weighted by Gasteiger charge is -2.31. The molecule has 0 unspecified atom stereocenters. The first-order valence-electron chi connectivity index (χ1n) is 6.67. The molecule has 1 saturated carbocycles. The van der Waals surface area contributed by atoms with Crippen LogP contribution in [0.25, 0.3) is 0 Å². The molecule has 6 heteroatoms. The Balaban J connectivity index is 1.73. The van der Waals surface area contributed by atoms with Crippen LogP contribution >= 0.6 is 50.9 Å². The molecule has 0 radical (unpaired) electrons. The maximum Gasteiger partial charge on any atom is 0.161 e. The van der Waals surface area contributed by atoms with Crippen LogP contribution in [-0.4, -0.2) is 17.5 Å². The maximum absolute atomic E-state index is 6.25. The highest BCUT2D eigenvalue weighted by Crippen LogP contribution is 2.44. The first-order valence-corrected chi connectivity index (χ1v) is 9.21. The van der Waals surface area contributed by atoms with Crippen LogP contribution in [0.15, 0.2) is 21.6 Å². The molecule has 1 aliphatic carbocycles. The van der Waals surface area contributed by atoms with Crippen LogP contribution in [0.1, 0.15) is 25.7 Å². The van der Waals surface area contributed by atoms with E-state index in [1.54, 1.807) is 11.8 Å². The zero-order valence-corrected chi connectivity index (χ0v) is 14.8. The summed E-state index contributed by atoms with van der Waals surface area (Å²) in [7, 11) is 0. The second kappa shape index (κ2) is 6.07. The van der Waals surface area contributed by atoms with Crippen molar-refractivity contribution in [1.29, 1.82) is 0 Å². The second-order valence-electron chi connectivity index (χ2n) is 5.47. The first kappa shape index (κ1) is 15.0. The van der Waals surface area contributed by atoms with Crippen molar-refractivity contribution in [1.82, 2.24) is 0 Å². The summed E-state index contributed by atoms with van der Waals surface area (Å²) < 4.78 is 0.804. The Labute approximate surface area is 141 Å². The number of thioether (sulfide) groups is 1. The van der Waals surface area contributed by atoms with Crippen molar-refractivity contribution in [2.24, 2.45) is 10.4 Å². The Kier molecular flexibility index (Phi) is 4.56. The number of halogens is 3. The highest BCUT2D eigenvalue weighted by molar-refractivity contribution is 9.10. The molecule has 0 atom stereocenters. The van der Waals surface area contributed by atoms with Gasteiger partial charge < -0.3 is 5.32 Å². The molecular weight excluding hydrogens is 379 g/mol. The molecule has 20 heavy (non-hydrogen) atoms. The molecule has 0 amide bonds. The van der Waals surface area contributed by atoms with Crippen LogP contribution in [0.3, 0.4) is 0 Å². The van der Waals surface area contributed by atoms with Crippen LogP contribution in [0.2, 0.25) is 10.0 Å². The topological polar surface area (TPSA) is 24.4 Å². The van der Waals surface area contributed by atoms with Gasteiger partial charge in [-0.15, -0.1) is 0 Å². The van der Waals surface area contributed by atoms with Crippen molar-refractivity contribution < 1.29 is 0 Å². The number of rotatable bonds is 1. The predicted octanol–water partition coefficient (Wildman–Crippen LogP) is 5.83. The summed E-state index contributed by atoms with van der Waals surface area (Å²) in [6.45, 7) is 0.935. The summed E-state index contributed by atoms with van der Waals surface area (Å²) >= 11 is 17.5. The molecule has 2 aliphatic rings. The van der Waals surface area contributed by atoms with E-state index in [0.29, 0.717) is 15.5 Å². The molecular formula is C14H15BrCl2N2S. The summed E-state index contributed by atoms with van der Waals surface area (Å²) in [5.74, 6) is 1.15. The van der Waals surface area contributed by atoms with Crippen LogP contribution in [0.5, 0.6) is 0 Å². The van der Waals surface area contributed by atoms with Gasteiger partial charge in [0.2, 0.25) is 0 Å². The van der Waals surface area contributed by atoms with Gasteiger partial charge in [-0.25, -0.2) is 0 Å². The number of amidine groups is 1. The Morgan fingerprint density at radius 3 is 2.60 bits per heavy atom. The van der Waals surface area contributed by atoms with E-state index in [-0.39, 0.29) is 0 Å². The average Bonchev–Trinajstić information content (AvgIpc) is 2.91. The van der Waals surface area contributed by atoms with Gasteiger partial charge in [0, 0.05) is 16.8 Å². The lowest BCUT2D eigenvalue weighted by Crippen LogP contribution is -2.30. The molecule has 1 aromatic rings. The van der Waals surface area contributed by atoms with Gasteiger partial charge in [0.1, 0.15) is 0 Å². The van der Waals surface area contributed by atoms with Crippen molar-refractivity contribution >= 4 is 61.7 Å². The summed E-state index contributed by atoms with van der Waals surface area (Å²) in [4.78, 5) is 4.71. The molecule has 1 spiro atoms. The number of nitrogens with zero attached hydrogens (tertiary/aromatic N) is 1. The van der Waals surface area contributed by atoms with Crippen LogP contribution < -0.4 is 5.32 Å². The lowest BCUT2D eigenvalue weighted by molar-refractivity contribution is 0.359. The van der Waals surface area contributed by atoms with Crippen LogP contribution in [-0.2, 0) is 0 Å². The standard InChI is InChI=1S/C14H15BrCl2N2S/c15-9-3-4-10(12(17)11(9)16)19-13-18-7-14(8-20-13)5-1-2-6-14/h3-4H,1-2,5-8H2,(H,18,19). The van der Waals surface area contributed by atoms with Crippen molar-refractivity contribution in [3.05, 3.63) is 26.7 Å². The third-order valence-corrected chi connectivity index (χ3v) is 7.05. The molecule has 0 bridgehead atoms. The molecule has 2 nitrogen and oxygen atoms in total. The zero-order valence-electron chi connectivity index (χ0n) is 10.9. The Bertz CT molecular complexity index is 556. The molecule has 0 saturated heterocycles. The molecule has 1 N–H and O–H groups in total. The fourth-order valence-electron chi connectivity index (χ4n) is 2.79. The molecule has 0 aromatic heterocycles. The van der Waals surface area contributed by atoms with E-state index in [0.717, 1.165) is 27.6 Å². The monoisotopic (exact) mass is 392 g/mol. The van der Waals surface area contributed by atoms with Gasteiger partial charge in [0.15, 0.2) is 5.17 Å². The minimum absolute atomic E-state index is 0.455. The third kappa shape index (κ3) is 2.99. The summed E-state index contributed by atoms with van der Waals surface area (Å²) in [6.07, 6.45) is 5.35. The second-order valence-corrected chi connectivity index (χ2v) is 8.04. The summed E-state index contributed by atoms with van der Waals surface area (Å²) in [6, 6.07) is 3.81. The van der Waals surface area contributed by atoms with Crippen molar-refractivity contribution in [3.8, 4) is 0 Å². The molecule has 3 rings (SSSR count). The minimum Gasteiger partial charge on any atom is -0.334 e. The highest BCUT2D eigenvalue weighted by atomic mass is 79.9. The quantitative estimate of drug-likeness (QED) is 0.606. The van der Waals surface area contributed by atoms with E-state index < -0.39 is 0 Å². The molecule has 1 fully saturated rings. The summed E-state index contributed by atoms with van der Waals surface area (Å²) in [5, 5.41) is 5.31. The van der Waals surface area contributed by atoms with Gasteiger partial charge in [-0.1, -0.05) is 47.8 Å². The number of aliphatic imine (C=N–C) groups is 1. The molecule has 1 heterocycles. The normalized spacial score (nSPS) is 21.1. The van der Waals surface area contributed by atoms with E-state index in [4.69, 9.17) is 28.2 Å². The van der Waals surface area contributed by atoms with Crippen LogP contribution in [0.4, 0.5) is 5.69 Å². The van der Waals surface area contributed by atoms with Gasteiger partial charge in [-0.05, 0) is 46.3 Å². The SMILES string of the molecule is Clc1c(Br)ccc(NC2=NCC3(CCCC3)CS2)c1Cl. The Hall–Kier alpha value is 0.1000. The Morgan fingerprint density at radius 2 is 1.95 bits per heavy atom. The largest absolute Gasteiger partial charge is 0.334 e. The average molecular weight is 394 g/mol. The van der Waals surface area contributed by atoms with E-state index in [1.807, 2.05) is 12.1 Å². The van der Waals surface area contributed by atoms with E-state index in [9.17, 15) is 0 Å². The van der Waals surface area contributed by atoms with E-state index >= 15 is 0 Å². The maximum atomic E-state index is 6.25. The smallest absolute Gasteiger partial charge is 0.161 e. The zero-order chi connectivity index (χ0) is 14.2. The van der Waals surface area contributed by atoms with E-state index in [1.165, 1.54) is 25.7 Å². The van der Waals surface area contributed by atoms with Gasteiger partial charge in [-0.3, -0.25) is 4.99 Å². The van der Waals surface area contributed by atoms with Gasteiger partial charge >= 0.3 is 0 Å². The fraction of sp³-hybridized carbons (Fsp3) is 0.500. The molecule has 108 valence electrons. The highest BCUT2D eigenvalue weighted by Gasteiger charge is 2.36. The minimum atomic E-state index is 0.455. The first-order chi connectivity index (χ1) is 9.60. The molecule has 1 aromatic carbocycles. The Morgan fingerprint density at radius 1 is 1.20 bits per heavy atom. The van der Waals surface area contributed by atoms with Gasteiger partial charge in [-0.2, -0.15) is 0 Å². The number of hydrogen-bond donors (Lipinski definition) is 1. The van der Waals surface area contributed by atoms with Gasteiger partial charge in [0.05, 0.1) is 15.7 Å². The molecule has 1 aliphatic heterocycles. The third-order valence-electron chi connectivity index (χ3n) is 4.01. The van der Waals surface area contributed by atoms with Crippen molar-refractivity contribution in [2.75, 3.05) is 17.6 Å². The van der Waals surface area contributed by atoms with Crippen LogP contribution in [0, 0.1) is 5.41 Å². The van der Waals surface area contributed by atoms with Crippen molar-refractivity contribution in [3.63, 3.8) is 0 Å². The number of benzene rings is 1. The summed E-state index contributed by atoms with van der Waals surface area (Å²) in [5.41, 5.74) is 1.27. The number of hydrogen-bond acceptors (Lipinski definition) is 3. The fourth-order valence-corrected chi connectivity index (χ4v) is 4.78. The predicted molar refractivity (Wildman–Crippen MR) is 93.4 cm³/mol. The van der Waals surface area contributed by atoms with Gasteiger partial charge in [0.25, 0.3) is 0 Å². The van der Waals surface area contributed by atoms with E-state index in [2.05, 4.69) is 21.2 Å². The number of nitrogens with one attached hydrogen (secondary N) is 1. The lowest BCUT2D eigenvalue weighted by atomic mass is 9.89. The number of anilines is 1. The van der Waals surface area contributed by atoms with Crippen molar-refractivity contribution in [2.45, 2.75) is 25.7 Å².